The highest BCUT2D eigenvalue weighted by Crippen LogP contribution is 2.27. The largest absolute Gasteiger partial charge is 0.209 e. The molecular weight excluding hydrogens is 346 g/mol. The smallest absolute Gasteiger partial charge is 0.162 e. The predicted molar refractivity (Wildman–Crippen MR) is 114 cm³/mol. The number of rotatable bonds is 12. The Morgan fingerprint density at radius 1 is 1.15 bits per heavy atom. The summed E-state index contributed by atoms with van der Waals surface area (Å²) in [5.41, 5.74) is 2.81. The van der Waals surface area contributed by atoms with Gasteiger partial charge in [0.25, 0.3) is 0 Å². The third-order valence-electron chi connectivity index (χ3n) is 3.93. The van der Waals surface area contributed by atoms with E-state index in [9.17, 15) is 8.78 Å². The number of hydrogen-bond acceptors (Lipinski definition) is 1. The van der Waals surface area contributed by atoms with Crippen molar-refractivity contribution in [3.05, 3.63) is 71.4 Å². The monoisotopic (exact) mass is 376 g/mol. The van der Waals surface area contributed by atoms with Crippen LogP contribution in [0.2, 0.25) is 0 Å². The van der Waals surface area contributed by atoms with Crippen LogP contribution in [0.3, 0.4) is 0 Å². The molecule has 0 aromatic carbocycles. The molecule has 142 valence electrons. The molecule has 0 N–H and O–H groups in total. The summed E-state index contributed by atoms with van der Waals surface area (Å²) < 4.78 is 28.8. The summed E-state index contributed by atoms with van der Waals surface area (Å²) in [5.74, 6) is 1.78. The molecule has 0 aliphatic rings. The van der Waals surface area contributed by atoms with Crippen LogP contribution in [0, 0.1) is 12.3 Å². The highest BCUT2D eigenvalue weighted by Gasteiger charge is 2.13. The third kappa shape index (κ3) is 9.06. The minimum absolute atomic E-state index is 0.0267. The number of terminal acetylenes is 1. The average Bonchev–Trinajstić information content (AvgIpc) is 2.64. The topological polar surface area (TPSA) is 0 Å². The van der Waals surface area contributed by atoms with E-state index < -0.39 is 11.7 Å². The van der Waals surface area contributed by atoms with E-state index in [0.717, 1.165) is 11.3 Å². The van der Waals surface area contributed by atoms with Gasteiger partial charge in [-0.25, -0.2) is 8.78 Å². The van der Waals surface area contributed by atoms with Crippen LogP contribution in [0.4, 0.5) is 8.78 Å². The van der Waals surface area contributed by atoms with Gasteiger partial charge in [-0.05, 0) is 45.8 Å². The van der Waals surface area contributed by atoms with Gasteiger partial charge < -0.3 is 0 Å². The SMILES string of the molecule is C#C/C(CC/C=C(/C)CSC)=C(C=C)\C(F)=C(\F)CCC/C(C=C)=C/C. The minimum atomic E-state index is -0.890. The Bertz CT molecular complexity index is 640. The Hall–Kier alpha value is -1.79. The summed E-state index contributed by atoms with van der Waals surface area (Å²) >= 11 is 1.74. The zero-order valence-corrected chi connectivity index (χ0v) is 17.0. The van der Waals surface area contributed by atoms with Crippen LogP contribution in [0.1, 0.15) is 46.0 Å². The molecule has 0 aliphatic heterocycles. The molecule has 0 fully saturated rings. The fourth-order valence-electron chi connectivity index (χ4n) is 2.45. The van der Waals surface area contributed by atoms with Gasteiger partial charge in [0.15, 0.2) is 5.83 Å². The van der Waals surface area contributed by atoms with Crippen molar-refractivity contribution in [1.29, 1.82) is 0 Å². The van der Waals surface area contributed by atoms with Gasteiger partial charge in [0.2, 0.25) is 0 Å². The molecule has 0 saturated heterocycles. The van der Waals surface area contributed by atoms with Crippen molar-refractivity contribution in [2.24, 2.45) is 0 Å². The van der Waals surface area contributed by atoms with Crippen molar-refractivity contribution in [1.82, 2.24) is 0 Å². The first-order valence-electron chi connectivity index (χ1n) is 8.73. The van der Waals surface area contributed by atoms with Crippen LogP contribution in [0.15, 0.2) is 71.4 Å². The zero-order chi connectivity index (χ0) is 19.9. The first-order valence-corrected chi connectivity index (χ1v) is 10.1. The molecule has 0 radical (unpaired) electrons. The average molecular weight is 377 g/mol. The van der Waals surface area contributed by atoms with E-state index in [0.29, 0.717) is 31.3 Å². The molecule has 3 heteroatoms. The quantitative estimate of drug-likeness (QED) is 0.191. The lowest BCUT2D eigenvalue weighted by molar-refractivity contribution is 0.509. The van der Waals surface area contributed by atoms with E-state index in [4.69, 9.17) is 6.42 Å². The lowest BCUT2D eigenvalue weighted by Crippen LogP contribution is -1.93. The van der Waals surface area contributed by atoms with E-state index in [2.05, 4.69) is 25.2 Å². The molecule has 0 heterocycles. The molecule has 0 nitrogen and oxygen atoms in total. The highest BCUT2D eigenvalue weighted by molar-refractivity contribution is 7.98. The molecule has 26 heavy (non-hydrogen) atoms. The molecule has 0 aromatic rings. The van der Waals surface area contributed by atoms with Gasteiger partial charge >= 0.3 is 0 Å². The second kappa shape index (κ2) is 14.4. The van der Waals surface area contributed by atoms with Gasteiger partial charge in [-0.1, -0.05) is 54.5 Å². The number of thioether (sulfide) groups is 1. The molecule has 0 amide bonds. The molecule has 0 aromatic heterocycles. The van der Waals surface area contributed by atoms with E-state index in [1.165, 1.54) is 11.6 Å². The lowest BCUT2D eigenvalue weighted by Gasteiger charge is -2.08. The molecule has 0 aliphatic carbocycles. The van der Waals surface area contributed by atoms with Crippen LogP contribution in [-0.2, 0) is 0 Å². The predicted octanol–water partition coefficient (Wildman–Crippen LogP) is 7.64. The van der Waals surface area contributed by atoms with Crippen LogP contribution in [-0.4, -0.2) is 12.0 Å². The van der Waals surface area contributed by atoms with E-state index in [1.54, 1.807) is 17.8 Å². The zero-order valence-electron chi connectivity index (χ0n) is 16.2. The Labute approximate surface area is 162 Å². The van der Waals surface area contributed by atoms with Crippen molar-refractivity contribution in [2.45, 2.75) is 46.0 Å². The Balaban J connectivity index is 5.18. The summed E-state index contributed by atoms with van der Waals surface area (Å²) in [5, 5.41) is 0. The molecule has 0 atom stereocenters. The summed E-state index contributed by atoms with van der Waals surface area (Å²) in [6.07, 6.45) is 17.0. The van der Waals surface area contributed by atoms with Gasteiger partial charge in [0.05, 0.1) is 0 Å². The molecule has 0 rings (SSSR count). The fourth-order valence-corrected chi connectivity index (χ4v) is 3.02. The van der Waals surface area contributed by atoms with Gasteiger partial charge in [-0.3, -0.25) is 0 Å². The van der Waals surface area contributed by atoms with Crippen LogP contribution < -0.4 is 0 Å². The van der Waals surface area contributed by atoms with Crippen molar-refractivity contribution in [3.8, 4) is 12.3 Å². The van der Waals surface area contributed by atoms with E-state index >= 15 is 0 Å². The first kappa shape index (κ1) is 24.2. The van der Waals surface area contributed by atoms with Gasteiger partial charge in [-0.2, -0.15) is 11.8 Å². The summed E-state index contributed by atoms with van der Waals surface area (Å²) in [7, 11) is 0. The van der Waals surface area contributed by atoms with Crippen LogP contribution in [0.25, 0.3) is 0 Å². The van der Waals surface area contributed by atoms with Crippen LogP contribution in [0.5, 0.6) is 0 Å². The first-order chi connectivity index (χ1) is 12.4. The maximum absolute atomic E-state index is 14.5. The highest BCUT2D eigenvalue weighted by atomic mass is 32.2. The Kier molecular flexibility index (Phi) is 13.4. The Morgan fingerprint density at radius 2 is 1.85 bits per heavy atom. The molecule has 0 bridgehead atoms. The van der Waals surface area contributed by atoms with Gasteiger partial charge in [0, 0.05) is 23.3 Å². The number of allylic oxidation sites excluding steroid dienone is 9. The number of halogens is 2. The van der Waals surface area contributed by atoms with E-state index in [-0.39, 0.29) is 12.0 Å². The fraction of sp³-hybridized carbons (Fsp3) is 0.391. The third-order valence-corrected chi connectivity index (χ3v) is 4.68. The summed E-state index contributed by atoms with van der Waals surface area (Å²) in [4.78, 5) is 0. The van der Waals surface area contributed by atoms with Crippen LogP contribution >= 0.6 is 11.8 Å². The summed E-state index contributed by atoms with van der Waals surface area (Å²) in [6.45, 7) is 11.2. The van der Waals surface area contributed by atoms with Crippen molar-refractivity contribution >= 4 is 11.8 Å². The van der Waals surface area contributed by atoms with Gasteiger partial charge in [0.1, 0.15) is 5.83 Å². The minimum Gasteiger partial charge on any atom is -0.209 e. The lowest BCUT2D eigenvalue weighted by atomic mass is 10.0. The van der Waals surface area contributed by atoms with E-state index in [1.807, 2.05) is 26.2 Å². The normalized spacial score (nSPS) is 14.3. The van der Waals surface area contributed by atoms with Gasteiger partial charge in [-0.15, -0.1) is 6.42 Å². The molecule has 0 unspecified atom stereocenters. The standard InChI is InChI=1S/C23H30F2S/c1-7-19(8-2)14-12-16-22(24)23(25)21(10-4)20(9-3)15-11-13-18(5)17-26-6/h3,7-8,10,13H,1,4,11-12,14-17H2,2,5-6H3/b18-13-,19-8+,21-20+,23-22-. The second-order valence-corrected chi connectivity index (χ2v) is 6.77. The maximum Gasteiger partial charge on any atom is 0.162 e. The second-order valence-electron chi connectivity index (χ2n) is 5.90. The van der Waals surface area contributed by atoms with Crippen molar-refractivity contribution < 1.29 is 8.78 Å². The van der Waals surface area contributed by atoms with Crippen molar-refractivity contribution in [3.63, 3.8) is 0 Å². The molecular formula is C23H30F2S. The number of hydrogen-bond donors (Lipinski definition) is 0. The molecule has 0 saturated carbocycles. The molecule has 0 spiro atoms. The maximum atomic E-state index is 14.5. The summed E-state index contributed by atoms with van der Waals surface area (Å²) in [6, 6.07) is 0. The Morgan fingerprint density at radius 3 is 2.35 bits per heavy atom. The van der Waals surface area contributed by atoms with Crippen molar-refractivity contribution in [2.75, 3.05) is 12.0 Å².